The quantitative estimate of drug-likeness (QED) is 0.853. The van der Waals surface area contributed by atoms with Crippen molar-refractivity contribution >= 4 is 17.3 Å². The predicted molar refractivity (Wildman–Crippen MR) is 100 cm³/mol. The number of amides is 1. The predicted octanol–water partition coefficient (Wildman–Crippen LogP) is 1.57. The van der Waals surface area contributed by atoms with Gasteiger partial charge in [-0.3, -0.25) is 4.79 Å². The molecular weight excluding hydrogens is 333 g/mol. The number of methoxy groups -OCH3 is 1. The van der Waals surface area contributed by atoms with E-state index in [-0.39, 0.29) is 17.8 Å². The molecule has 26 heavy (non-hydrogen) atoms. The van der Waals surface area contributed by atoms with E-state index in [0.29, 0.717) is 5.69 Å². The first-order chi connectivity index (χ1) is 12.6. The molecule has 1 heterocycles. The smallest absolute Gasteiger partial charge is 0.282 e. The van der Waals surface area contributed by atoms with E-state index < -0.39 is 0 Å². The number of nitrogens with zero attached hydrogens (tertiary/aromatic N) is 1. The Morgan fingerprint density at radius 3 is 2.50 bits per heavy atom. The Labute approximate surface area is 153 Å². The topological polar surface area (TPSA) is 46.0 Å². The van der Waals surface area contributed by atoms with Gasteiger partial charge in [0.15, 0.2) is 6.04 Å². The molecule has 0 bridgehead atoms. The molecule has 1 aliphatic rings. The Morgan fingerprint density at radius 1 is 1.19 bits per heavy atom. The van der Waals surface area contributed by atoms with Gasteiger partial charge in [0.2, 0.25) is 0 Å². The first kappa shape index (κ1) is 18.2. The Bertz CT molecular complexity index is 743. The summed E-state index contributed by atoms with van der Waals surface area (Å²) < 4.78 is 18.5. The lowest BCUT2D eigenvalue weighted by Crippen LogP contribution is -3.19. The Kier molecular flexibility index (Phi) is 5.73. The molecule has 1 amide bonds. The molecule has 3 rings (SSSR count). The summed E-state index contributed by atoms with van der Waals surface area (Å²) in [6.45, 7) is 5.46. The first-order valence-electron chi connectivity index (χ1n) is 8.87. The maximum atomic E-state index is 13.3. The van der Waals surface area contributed by atoms with Crippen molar-refractivity contribution in [1.82, 2.24) is 0 Å². The molecule has 1 fully saturated rings. The zero-order valence-electron chi connectivity index (χ0n) is 15.2. The van der Waals surface area contributed by atoms with E-state index in [2.05, 4.69) is 22.3 Å². The molecule has 0 aromatic heterocycles. The van der Waals surface area contributed by atoms with Crippen molar-refractivity contribution in [3.63, 3.8) is 0 Å². The van der Waals surface area contributed by atoms with E-state index in [4.69, 9.17) is 4.74 Å². The van der Waals surface area contributed by atoms with Crippen LogP contribution in [0.25, 0.3) is 0 Å². The zero-order chi connectivity index (χ0) is 18.5. The molecule has 0 radical (unpaired) electrons. The van der Waals surface area contributed by atoms with Crippen LogP contribution in [0.4, 0.5) is 15.8 Å². The van der Waals surface area contributed by atoms with Gasteiger partial charge < -0.3 is 19.9 Å². The Balaban J connectivity index is 1.54. The number of piperazine rings is 1. The molecule has 0 saturated carbocycles. The number of hydrogen-bond acceptors (Lipinski definition) is 3. The van der Waals surface area contributed by atoms with Gasteiger partial charge in [0.1, 0.15) is 11.6 Å². The summed E-state index contributed by atoms with van der Waals surface area (Å²) in [5, 5.41) is 2.81. The number of anilines is 2. The summed E-state index contributed by atoms with van der Waals surface area (Å²) in [5.41, 5.74) is 1.67. The summed E-state index contributed by atoms with van der Waals surface area (Å²) in [6, 6.07) is 13.8. The minimum absolute atomic E-state index is 0.0801. The fourth-order valence-electron chi connectivity index (χ4n) is 3.28. The van der Waals surface area contributed by atoms with Crippen molar-refractivity contribution < 1.29 is 18.8 Å². The second kappa shape index (κ2) is 8.19. The average Bonchev–Trinajstić information content (AvgIpc) is 2.67. The molecule has 2 aromatic carbocycles. The van der Waals surface area contributed by atoms with Gasteiger partial charge in [0.25, 0.3) is 5.91 Å². The number of carbonyl (C=O) groups is 1. The number of quaternary nitrogens is 1. The summed E-state index contributed by atoms with van der Waals surface area (Å²) in [6.07, 6.45) is 0. The van der Waals surface area contributed by atoms with Crippen LogP contribution in [0.15, 0.2) is 48.5 Å². The lowest BCUT2D eigenvalue weighted by molar-refractivity contribution is -0.914. The lowest BCUT2D eigenvalue weighted by Gasteiger charge is -2.36. The highest BCUT2D eigenvalue weighted by molar-refractivity contribution is 5.93. The lowest BCUT2D eigenvalue weighted by atomic mass is 10.2. The maximum Gasteiger partial charge on any atom is 0.282 e. The van der Waals surface area contributed by atoms with Crippen LogP contribution < -0.4 is 19.9 Å². The number of rotatable bonds is 5. The molecule has 0 aliphatic carbocycles. The van der Waals surface area contributed by atoms with E-state index in [1.54, 1.807) is 19.2 Å². The van der Waals surface area contributed by atoms with Gasteiger partial charge in [0, 0.05) is 11.4 Å². The summed E-state index contributed by atoms with van der Waals surface area (Å²) in [4.78, 5) is 16.0. The number of nitrogens with one attached hydrogen (secondary N) is 2. The molecule has 2 aromatic rings. The van der Waals surface area contributed by atoms with Gasteiger partial charge in [-0.2, -0.15) is 0 Å². The van der Waals surface area contributed by atoms with Crippen LogP contribution >= 0.6 is 0 Å². The van der Waals surface area contributed by atoms with Gasteiger partial charge in [-0.05, 0) is 49.4 Å². The van der Waals surface area contributed by atoms with Crippen molar-refractivity contribution in [2.24, 2.45) is 0 Å². The number of hydrogen-bond donors (Lipinski definition) is 2. The normalized spacial score (nSPS) is 16.2. The molecule has 138 valence electrons. The van der Waals surface area contributed by atoms with E-state index in [9.17, 15) is 9.18 Å². The van der Waals surface area contributed by atoms with Crippen molar-refractivity contribution in [3.8, 4) is 5.75 Å². The van der Waals surface area contributed by atoms with Gasteiger partial charge in [-0.15, -0.1) is 0 Å². The summed E-state index contributed by atoms with van der Waals surface area (Å²) in [5.74, 6) is 0.417. The number of carbonyl (C=O) groups excluding carboxylic acids is 1. The minimum Gasteiger partial charge on any atom is -0.497 e. The maximum absolute atomic E-state index is 13.3. The van der Waals surface area contributed by atoms with Gasteiger partial charge >= 0.3 is 0 Å². The fraction of sp³-hybridized carbons (Fsp3) is 0.350. The van der Waals surface area contributed by atoms with Crippen LogP contribution in [-0.4, -0.2) is 45.2 Å². The Morgan fingerprint density at radius 2 is 1.88 bits per heavy atom. The number of ether oxygens (including phenoxy) is 1. The molecule has 0 unspecified atom stereocenters. The van der Waals surface area contributed by atoms with E-state index >= 15 is 0 Å². The second-order valence-electron chi connectivity index (χ2n) is 6.56. The van der Waals surface area contributed by atoms with Crippen LogP contribution in [0.5, 0.6) is 5.75 Å². The SMILES string of the molecule is COc1ccc(N2CC[NH+]([C@@H](C)C(=O)Nc3cccc(F)c3)CC2)cc1. The summed E-state index contributed by atoms with van der Waals surface area (Å²) in [7, 11) is 1.66. The molecule has 6 heteroatoms. The second-order valence-corrected chi connectivity index (χ2v) is 6.56. The first-order valence-corrected chi connectivity index (χ1v) is 8.87. The van der Waals surface area contributed by atoms with Crippen LogP contribution in [0.3, 0.4) is 0 Å². The molecule has 1 saturated heterocycles. The average molecular weight is 358 g/mol. The van der Waals surface area contributed by atoms with Crippen LogP contribution in [0, 0.1) is 5.82 Å². The van der Waals surface area contributed by atoms with E-state index in [0.717, 1.165) is 31.9 Å². The molecule has 1 aliphatic heterocycles. The van der Waals surface area contributed by atoms with Gasteiger partial charge in [0.05, 0.1) is 33.3 Å². The highest BCUT2D eigenvalue weighted by Crippen LogP contribution is 2.19. The third-order valence-corrected chi connectivity index (χ3v) is 4.94. The standard InChI is InChI=1S/C20H24FN3O2/c1-15(20(25)22-17-5-3-4-16(21)14-17)23-10-12-24(13-11-23)18-6-8-19(26-2)9-7-18/h3-9,14-15H,10-13H2,1-2H3,(H,22,25)/p+1/t15-/m0/s1. The highest BCUT2D eigenvalue weighted by atomic mass is 19.1. The van der Waals surface area contributed by atoms with Crippen molar-refractivity contribution in [3.05, 3.63) is 54.3 Å². The minimum atomic E-state index is -0.351. The van der Waals surface area contributed by atoms with E-state index in [1.807, 2.05) is 19.1 Å². The fourth-order valence-corrected chi connectivity index (χ4v) is 3.28. The third-order valence-electron chi connectivity index (χ3n) is 4.94. The van der Waals surface area contributed by atoms with Crippen molar-refractivity contribution in [2.75, 3.05) is 43.5 Å². The molecule has 0 spiro atoms. The molecular formula is C20H25FN3O2+. The van der Waals surface area contributed by atoms with Crippen LogP contribution in [0.2, 0.25) is 0 Å². The van der Waals surface area contributed by atoms with Crippen molar-refractivity contribution in [2.45, 2.75) is 13.0 Å². The van der Waals surface area contributed by atoms with Crippen molar-refractivity contribution in [1.29, 1.82) is 0 Å². The van der Waals surface area contributed by atoms with Crippen LogP contribution in [-0.2, 0) is 4.79 Å². The number of benzene rings is 2. The third kappa shape index (κ3) is 4.32. The van der Waals surface area contributed by atoms with E-state index in [1.165, 1.54) is 22.7 Å². The van der Waals surface area contributed by atoms with Gasteiger partial charge in [-0.25, -0.2) is 4.39 Å². The van der Waals surface area contributed by atoms with Gasteiger partial charge in [-0.1, -0.05) is 6.07 Å². The number of halogens is 1. The largest absolute Gasteiger partial charge is 0.497 e. The van der Waals surface area contributed by atoms with Crippen LogP contribution in [0.1, 0.15) is 6.92 Å². The monoisotopic (exact) mass is 358 g/mol. The zero-order valence-corrected chi connectivity index (χ0v) is 15.2. The highest BCUT2D eigenvalue weighted by Gasteiger charge is 2.29. The molecule has 1 atom stereocenters. The molecule has 5 nitrogen and oxygen atoms in total. The summed E-state index contributed by atoms with van der Waals surface area (Å²) >= 11 is 0. The Hall–Kier alpha value is -2.60. The molecule has 2 N–H and O–H groups in total.